The fourth-order valence-corrected chi connectivity index (χ4v) is 2.45. The van der Waals surface area contributed by atoms with Crippen LogP contribution < -0.4 is 10.1 Å². The van der Waals surface area contributed by atoms with Crippen molar-refractivity contribution >= 4 is 11.6 Å². The second kappa shape index (κ2) is 7.29. The van der Waals surface area contributed by atoms with Crippen LogP contribution >= 0.6 is 0 Å². The van der Waals surface area contributed by atoms with Crippen LogP contribution in [0.5, 0.6) is 5.75 Å². The van der Waals surface area contributed by atoms with E-state index in [1.165, 1.54) is 30.5 Å². The van der Waals surface area contributed by atoms with Crippen molar-refractivity contribution in [3.05, 3.63) is 42.2 Å². The van der Waals surface area contributed by atoms with Gasteiger partial charge in [0, 0.05) is 12.0 Å². The zero-order chi connectivity index (χ0) is 17.8. The lowest BCUT2D eigenvalue weighted by atomic mass is 10.0. The van der Waals surface area contributed by atoms with Crippen LogP contribution in [0.3, 0.4) is 0 Å². The SMILES string of the molecule is COc1ccc(C2=NO[C@H](CNC(=O)[C@H](C)n3cncn3)C2)cc1F. The van der Waals surface area contributed by atoms with Gasteiger partial charge in [0.15, 0.2) is 11.6 Å². The molecule has 1 aliphatic heterocycles. The molecule has 0 bridgehead atoms. The van der Waals surface area contributed by atoms with Gasteiger partial charge in [-0.25, -0.2) is 14.1 Å². The fraction of sp³-hybridized carbons (Fsp3) is 0.375. The third-order valence-corrected chi connectivity index (χ3v) is 3.93. The smallest absolute Gasteiger partial charge is 0.244 e. The zero-order valence-electron chi connectivity index (χ0n) is 13.8. The summed E-state index contributed by atoms with van der Waals surface area (Å²) in [6, 6.07) is 4.15. The number of halogens is 1. The summed E-state index contributed by atoms with van der Waals surface area (Å²) in [5.41, 5.74) is 1.26. The number of nitrogens with one attached hydrogen (secondary N) is 1. The van der Waals surface area contributed by atoms with Gasteiger partial charge in [-0.05, 0) is 25.1 Å². The lowest BCUT2D eigenvalue weighted by molar-refractivity contribution is -0.124. The Kier molecular flexibility index (Phi) is 4.92. The highest BCUT2D eigenvalue weighted by Crippen LogP contribution is 2.22. The van der Waals surface area contributed by atoms with Gasteiger partial charge >= 0.3 is 0 Å². The number of nitrogens with zero attached hydrogens (tertiary/aromatic N) is 4. The predicted octanol–water partition coefficient (Wildman–Crippen LogP) is 1.30. The number of carbonyl (C=O) groups is 1. The number of rotatable bonds is 6. The molecular formula is C16H18FN5O3. The molecule has 0 fully saturated rings. The normalized spacial score (nSPS) is 17.6. The maximum atomic E-state index is 13.8. The molecule has 0 spiro atoms. The molecule has 3 rings (SSSR count). The summed E-state index contributed by atoms with van der Waals surface area (Å²) in [6.07, 6.45) is 3.03. The average molecular weight is 347 g/mol. The minimum absolute atomic E-state index is 0.175. The van der Waals surface area contributed by atoms with Crippen LogP contribution in [0.2, 0.25) is 0 Å². The Hall–Kier alpha value is -2.97. The Labute approximate surface area is 143 Å². The van der Waals surface area contributed by atoms with Crippen LogP contribution in [-0.4, -0.2) is 46.1 Å². The molecule has 9 heteroatoms. The van der Waals surface area contributed by atoms with E-state index in [-0.39, 0.29) is 17.8 Å². The van der Waals surface area contributed by atoms with Crippen molar-refractivity contribution < 1.29 is 18.8 Å². The minimum Gasteiger partial charge on any atom is -0.494 e. The Bertz CT molecular complexity index is 778. The number of amides is 1. The van der Waals surface area contributed by atoms with E-state index in [0.29, 0.717) is 24.2 Å². The molecule has 2 heterocycles. The molecule has 132 valence electrons. The number of oxime groups is 1. The number of carbonyl (C=O) groups excluding carboxylic acids is 1. The van der Waals surface area contributed by atoms with Crippen molar-refractivity contribution in [3.8, 4) is 5.75 Å². The monoisotopic (exact) mass is 347 g/mol. The summed E-state index contributed by atoms with van der Waals surface area (Å²) in [4.78, 5) is 21.2. The van der Waals surface area contributed by atoms with Crippen LogP contribution in [0.25, 0.3) is 0 Å². The molecular weight excluding hydrogens is 329 g/mol. The third-order valence-electron chi connectivity index (χ3n) is 3.93. The maximum Gasteiger partial charge on any atom is 0.244 e. The molecule has 0 saturated heterocycles. The number of hydrogen-bond acceptors (Lipinski definition) is 6. The first-order chi connectivity index (χ1) is 12.1. The number of methoxy groups -OCH3 is 1. The van der Waals surface area contributed by atoms with Crippen LogP contribution in [0, 0.1) is 5.82 Å². The van der Waals surface area contributed by atoms with Crippen LogP contribution in [0.15, 0.2) is 36.0 Å². The fourth-order valence-electron chi connectivity index (χ4n) is 2.45. The first-order valence-electron chi connectivity index (χ1n) is 7.77. The summed E-state index contributed by atoms with van der Waals surface area (Å²) < 4.78 is 20.1. The molecule has 2 aromatic rings. The molecule has 1 aliphatic rings. The molecule has 0 aliphatic carbocycles. The maximum absolute atomic E-state index is 13.8. The van der Waals surface area contributed by atoms with Gasteiger partial charge in [-0.2, -0.15) is 5.10 Å². The average Bonchev–Trinajstić information content (AvgIpc) is 3.30. The van der Waals surface area contributed by atoms with Gasteiger partial charge in [-0.3, -0.25) is 4.79 Å². The summed E-state index contributed by atoms with van der Waals surface area (Å²) in [5, 5.41) is 10.7. The van der Waals surface area contributed by atoms with Crippen molar-refractivity contribution in [2.24, 2.45) is 5.16 Å². The van der Waals surface area contributed by atoms with E-state index in [9.17, 15) is 9.18 Å². The molecule has 25 heavy (non-hydrogen) atoms. The first-order valence-corrected chi connectivity index (χ1v) is 7.77. The molecule has 2 atom stereocenters. The van der Waals surface area contributed by atoms with Gasteiger partial charge in [0.1, 0.15) is 24.8 Å². The molecule has 8 nitrogen and oxygen atoms in total. The van der Waals surface area contributed by atoms with Crippen molar-refractivity contribution in [3.63, 3.8) is 0 Å². The molecule has 1 N–H and O–H groups in total. The van der Waals surface area contributed by atoms with E-state index in [2.05, 4.69) is 20.6 Å². The van der Waals surface area contributed by atoms with Crippen molar-refractivity contribution in [2.45, 2.75) is 25.5 Å². The molecule has 0 saturated carbocycles. The van der Waals surface area contributed by atoms with Gasteiger partial charge in [-0.1, -0.05) is 5.16 Å². The Morgan fingerprint density at radius 2 is 2.40 bits per heavy atom. The van der Waals surface area contributed by atoms with E-state index in [1.54, 1.807) is 19.1 Å². The highest BCUT2D eigenvalue weighted by atomic mass is 19.1. The number of benzene rings is 1. The second-order valence-electron chi connectivity index (χ2n) is 5.62. The molecule has 1 amide bonds. The standard InChI is InChI=1S/C16H18FN5O3/c1-10(22-9-18-8-20-22)16(23)19-7-12-6-14(21-25-12)11-3-4-15(24-2)13(17)5-11/h3-5,8-10,12H,6-7H2,1-2H3,(H,19,23)/t10-,12-/m0/s1. The highest BCUT2D eigenvalue weighted by Gasteiger charge is 2.24. The number of ether oxygens (including phenoxy) is 1. The third kappa shape index (κ3) is 3.76. The lowest BCUT2D eigenvalue weighted by Crippen LogP contribution is -2.36. The van der Waals surface area contributed by atoms with Crippen molar-refractivity contribution in [2.75, 3.05) is 13.7 Å². The number of aromatic nitrogens is 3. The first kappa shape index (κ1) is 16.9. The summed E-state index contributed by atoms with van der Waals surface area (Å²) in [5.74, 6) is -0.478. The van der Waals surface area contributed by atoms with Crippen LogP contribution in [0.4, 0.5) is 4.39 Å². The topological polar surface area (TPSA) is 90.6 Å². The largest absolute Gasteiger partial charge is 0.494 e. The van der Waals surface area contributed by atoms with E-state index >= 15 is 0 Å². The number of hydrogen-bond donors (Lipinski definition) is 1. The van der Waals surface area contributed by atoms with Gasteiger partial charge in [0.05, 0.1) is 19.4 Å². The van der Waals surface area contributed by atoms with E-state index < -0.39 is 11.9 Å². The Morgan fingerprint density at radius 3 is 3.08 bits per heavy atom. The van der Waals surface area contributed by atoms with Crippen LogP contribution in [-0.2, 0) is 9.63 Å². The molecule has 1 aromatic carbocycles. The summed E-state index contributed by atoms with van der Waals surface area (Å²) in [6.45, 7) is 2.02. The van der Waals surface area contributed by atoms with Gasteiger partial charge in [-0.15, -0.1) is 0 Å². The molecule has 0 unspecified atom stereocenters. The van der Waals surface area contributed by atoms with E-state index in [0.717, 1.165) is 0 Å². The van der Waals surface area contributed by atoms with Crippen LogP contribution in [0.1, 0.15) is 24.9 Å². The quantitative estimate of drug-likeness (QED) is 0.850. The molecule has 0 radical (unpaired) electrons. The predicted molar refractivity (Wildman–Crippen MR) is 86.7 cm³/mol. The van der Waals surface area contributed by atoms with Gasteiger partial charge in [0.2, 0.25) is 5.91 Å². The molecule has 1 aromatic heterocycles. The summed E-state index contributed by atoms with van der Waals surface area (Å²) >= 11 is 0. The zero-order valence-corrected chi connectivity index (χ0v) is 13.8. The Balaban J connectivity index is 1.52. The van der Waals surface area contributed by atoms with Gasteiger partial charge < -0.3 is 14.9 Å². The van der Waals surface area contributed by atoms with E-state index in [4.69, 9.17) is 9.57 Å². The van der Waals surface area contributed by atoms with E-state index in [1.807, 2.05) is 0 Å². The second-order valence-corrected chi connectivity index (χ2v) is 5.62. The van der Waals surface area contributed by atoms with Crippen molar-refractivity contribution in [1.29, 1.82) is 0 Å². The lowest BCUT2D eigenvalue weighted by Gasteiger charge is -2.14. The van der Waals surface area contributed by atoms with Gasteiger partial charge in [0.25, 0.3) is 0 Å². The Morgan fingerprint density at radius 1 is 1.56 bits per heavy atom. The summed E-state index contributed by atoms with van der Waals surface area (Å²) in [7, 11) is 1.41. The van der Waals surface area contributed by atoms with Crippen molar-refractivity contribution in [1.82, 2.24) is 20.1 Å². The highest BCUT2D eigenvalue weighted by molar-refractivity contribution is 6.01. The minimum atomic E-state index is -0.472.